The third-order valence-corrected chi connectivity index (χ3v) is 0.366. The standard InChI is InChI=1S/C2H7N.2C2H2O4/c1-2-3;2*3-1(4)2(5)6/h2-3H2,1H3;2*(H,3,4)(H,5,6). The van der Waals surface area contributed by atoms with Gasteiger partial charge >= 0.3 is 23.9 Å². The highest BCUT2D eigenvalue weighted by Crippen LogP contribution is 1.56. The zero-order valence-corrected chi connectivity index (χ0v) is 7.71. The first kappa shape index (κ1) is 18.6. The van der Waals surface area contributed by atoms with E-state index in [0.717, 1.165) is 6.54 Å². The fourth-order valence-corrected chi connectivity index (χ4v) is 0. The number of hydrogen-bond donors (Lipinski definition) is 5. The lowest BCUT2D eigenvalue weighted by molar-refractivity contribution is -0.159. The van der Waals surface area contributed by atoms with E-state index in [-0.39, 0.29) is 0 Å². The fourth-order valence-electron chi connectivity index (χ4n) is 0. The number of carboxylic acid groups (broad SMARTS) is 4. The minimum atomic E-state index is -1.82. The van der Waals surface area contributed by atoms with Crippen LogP contribution in [0.4, 0.5) is 0 Å². The van der Waals surface area contributed by atoms with Crippen molar-refractivity contribution < 1.29 is 39.6 Å². The Hall–Kier alpha value is -2.16. The number of rotatable bonds is 0. The van der Waals surface area contributed by atoms with Gasteiger partial charge in [-0.2, -0.15) is 0 Å². The molecule has 0 aromatic rings. The molecule has 0 aliphatic heterocycles. The van der Waals surface area contributed by atoms with Crippen molar-refractivity contribution in [2.75, 3.05) is 6.54 Å². The number of carbonyl (C=O) groups is 4. The molecule has 9 heteroatoms. The van der Waals surface area contributed by atoms with Crippen LogP contribution in [0, 0.1) is 0 Å². The van der Waals surface area contributed by atoms with E-state index in [0.29, 0.717) is 0 Å². The van der Waals surface area contributed by atoms with Gasteiger partial charge in [-0.05, 0) is 6.54 Å². The first-order valence-corrected chi connectivity index (χ1v) is 3.33. The van der Waals surface area contributed by atoms with E-state index in [9.17, 15) is 0 Å². The Kier molecular flexibility index (Phi) is 14.7. The molecular weight excluding hydrogens is 214 g/mol. The summed E-state index contributed by atoms with van der Waals surface area (Å²) >= 11 is 0. The topological polar surface area (TPSA) is 175 Å². The highest BCUT2D eigenvalue weighted by atomic mass is 16.4. The zero-order chi connectivity index (χ0) is 13.0. The van der Waals surface area contributed by atoms with Crippen LogP contribution in [0.1, 0.15) is 6.92 Å². The fraction of sp³-hybridized carbons (Fsp3) is 0.333. The summed E-state index contributed by atoms with van der Waals surface area (Å²) in [6.45, 7) is 2.65. The molecule has 88 valence electrons. The molecule has 0 aliphatic rings. The van der Waals surface area contributed by atoms with Gasteiger partial charge in [0.15, 0.2) is 0 Å². The summed E-state index contributed by atoms with van der Waals surface area (Å²) < 4.78 is 0. The molecule has 0 atom stereocenters. The van der Waals surface area contributed by atoms with Crippen molar-refractivity contribution in [1.29, 1.82) is 0 Å². The molecule has 0 unspecified atom stereocenters. The second-order valence-electron chi connectivity index (χ2n) is 1.63. The number of aliphatic carboxylic acids is 4. The molecule has 9 nitrogen and oxygen atoms in total. The Morgan fingerprint density at radius 1 is 0.800 bits per heavy atom. The number of hydrogen-bond acceptors (Lipinski definition) is 5. The van der Waals surface area contributed by atoms with Crippen LogP contribution in [0.5, 0.6) is 0 Å². The van der Waals surface area contributed by atoms with Gasteiger partial charge in [0.05, 0.1) is 0 Å². The Morgan fingerprint density at radius 3 is 0.867 bits per heavy atom. The summed E-state index contributed by atoms with van der Waals surface area (Å²) in [7, 11) is 0. The predicted molar refractivity (Wildman–Crippen MR) is 45.3 cm³/mol. The Morgan fingerprint density at radius 2 is 0.867 bits per heavy atom. The van der Waals surface area contributed by atoms with Gasteiger partial charge in [0, 0.05) is 0 Å². The number of nitrogens with two attached hydrogens (primary N) is 1. The van der Waals surface area contributed by atoms with Crippen molar-refractivity contribution in [2.45, 2.75) is 6.92 Å². The lowest BCUT2D eigenvalue weighted by atomic mass is 10.7. The molecule has 0 bridgehead atoms. The predicted octanol–water partition coefficient (Wildman–Crippen LogP) is -1.72. The Labute approximate surface area is 83.7 Å². The highest BCUT2D eigenvalue weighted by Gasteiger charge is 2.04. The van der Waals surface area contributed by atoms with Gasteiger partial charge in [0.2, 0.25) is 0 Å². The lowest BCUT2D eigenvalue weighted by Gasteiger charge is -1.72. The van der Waals surface area contributed by atoms with Gasteiger partial charge in [0.1, 0.15) is 0 Å². The van der Waals surface area contributed by atoms with E-state index in [1.807, 2.05) is 6.92 Å². The molecule has 0 heterocycles. The first-order chi connectivity index (χ1) is 6.70. The van der Waals surface area contributed by atoms with Crippen molar-refractivity contribution >= 4 is 23.9 Å². The van der Waals surface area contributed by atoms with E-state index < -0.39 is 23.9 Å². The summed E-state index contributed by atoms with van der Waals surface area (Å²) in [5, 5.41) is 29.6. The van der Waals surface area contributed by atoms with Crippen LogP contribution >= 0.6 is 0 Å². The van der Waals surface area contributed by atoms with E-state index in [4.69, 9.17) is 45.3 Å². The van der Waals surface area contributed by atoms with Gasteiger partial charge in [-0.1, -0.05) is 6.92 Å². The molecule has 0 amide bonds. The molecule has 0 saturated carbocycles. The molecular formula is C6H11NO8. The molecule has 0 aliphatic carbocycles. The monoisotopic (exact) mass is 225 g/mol. The SMILES string of the molecule is CCN.O=C(O)C(=O)O.O=C(O)C(=O)O. The molecule has 0 radical (unpaired) electrons. The Bertz CT molecular complexity index is 187. The van der Waals surface area contributed by atoms with Crippen LogP contribution in [-0.4, -0.2) is 50.8 Å². The van der Waals surface area contributed by atoms with Crippen LogP contribution in [0.15, 0.2) is 0 Å². The average molecular weight is 225 g/mol. The van der Waals surface area contributed by atoms with Crippen LogP contribution in [0.3, 0.4) is 0 Å². The van der Waals surface area contributed by atoms with Crippen molar-refractivity contribution in [1.82, 2.24) is 0 Å². The van der Waals surface area contributed by atoms with Crippen LogP contribution in [-0.2, 0) is 19.2 Å². The van der Waals surface area contributed by atoms with Crippen molar-refractivity contribution in [3.63, 3.8) is 0 Å². The average Bonchev–Trinajstić information content (AvgIpc) is 2.06. The second kappa shape index (κ2) is 11.8. The smallest absolute Gasteiger partial charge is 0.414 e. The maximum Gasteiger partial charge on any atom is 0.414 e. The van der Waals surface area contributed by atoms with E-state index in [2.05, 4.69) is 0 Å². The summed E-state index contributed by atoms with van der Waals surface area (Å²) in [5.41, 5.74) is 4.85. The normalized spacial score (nSPS) is 7.07. The maximum atomic E-state index is 9.10. The molecule has 15 heavy (non-hydrogen) atoms. The quantitative estimate of drug-likeness (QED) is 0.300. The molecule has 6 N–H and O–H groups in total. The van der Waals surface area contributed by atoms with Crippen LogP contribution in [0.2, 0.25) is 0 Å². The third kappa shape index (κ3) is 33.6. The largest absolute Gasteiger partial charge is 0.473 e. The summed E-state index contributed by atoms with van der Waals surface area (Å²) in [6.07, 6.45) is 0. The van der Waals surface area contributed by atoms with E-state index >= 15 is 0 Å². The third-order valence-electron chi connectivity index (χ3n) is 0.366. The molecule has 0 rings (SSSR count). The van der Waals surface area contributed by atoms with Gasteiger partial charge in [-0.25, -0.2) is 19.2 Å². The van der Waals surface area contributed by atoms with Crippen molar-refractivity contribution in [2.24, 2.45) is 5.73 Å². The molecule has 0 spiro atoms. The van der Waals surface area contributed by atoms with Crippen molar-refractivity contribution in [3.8, 4) is 0 Å². The molecule has 0 aromatic heterocycles. The first-order valence-electron chi connectivity index (χ1n) is 3.33. The molecule has 0 saturated heterocycles. The number of carboxylic acids is 4. The van der Waals surface area contributed by atoms with Gasteiger partial charge in [0.25, 0.3) is 0 Å². The highest BCUT2D eigenvalue weighted by molar-refractivity contribution is 6.27. The second-order valence-corrected chi connectivity index (χ2v) is 1.63. The Balaban J connectivity index is -0.000000153. The summed E-state index contributed by atoms with van der Waals surface area (Å²) in [5.74, 6) is -7.30. The van der Waals surface area contributed by atoms with E-state index in [1.165, 1.54) is 0 Å². The molecule has 0 aromatic carbocycles. The van der Waals surface area contributed by atoms with E-state index in [1.54, 1.807) is 0 Å². The van der Waals surface area contributed by atoms with Crippen LogP contribution < -0.4 is 5.73 Å². The summed E-state index contributed by atoms with van der Waals surface area (Å²) in [4.78, 5) is 36.4. The van der Waals surface area contributed by atoms with Gasteiger partial charge in [-0.15, -0.1) is 0 Å². The van der Waals surface area contributed by atoms with Gasteiger partial charge < -0.3 is 26.2 Å². The zero-order valence-electron chi connectivity index (χ0n) is 7.71. The minimum absolute atomic E-state index is 0.750. The van der Waals surface area contributed by atoms with Gasteiger partial charge in [-0.3, -0.25) is 0 Å². The molecule has 0 fully saturated rings. The lowest BCUT2D eigenvalue weighted by Crippen LogP contribution is -2.09. The van der Waals surface area contributed by atoms with Crippen molar-refractivity contribution in [3.05, 3.63) is 0 Å². The maximum absolute atomic E-state index is 9.10. The minimum Gasteiger partial charge on any atom is -0.473 e. The van der Waals surface area contributed by atoms with Crippen LogP contribution in [0.25, 0.3) is 0 Å². The summed E-state index contributed by atoms with van der Waals surface area (Å²) in [6, 6.07) is 0.